The predicted molar refractivity (Wildman–Crippen MR) is 104 cm³/mol. The summed E-state index contributed by atoms with van der Waals surface area (Å²) in [5.41, 5.74) is 1.50. The fourth-order valence-corrected chi connectivity index (χ4v) is 3.20. The summed E-state index contributed by atoms with van der Waals surface area (Å²) in [7, 11) is -4.59. The van der Waals surface area contributed by atoms with Gasteiger partial charge in [-0.15, -0.1) is 0 Å². The van der Waals surface area contributed by atoms with Crippen molar-refractivity contribution in [1.82, 2.24) is 15.0 Å². The van der Waals surface area contributed by atoms with Gasteiger partial charge in [0.05, 0.1) is 4.90 Å². The van der Waals surface area contributed by atoms with Gasteiger partial charge in [0.25, 0.3) is 0 Å². The van der Waals surface area contributed by atoms with Crippen LogP contribution in [0.2, 0.25) is 0 Å². The molecule has 150 valence electrons. The van der Waals surface area contributed by atoms with E-state index in [2.05, 4.69) is 15.0 Å². The van der Waals surface area contributed by atoms with Gasteiger partial charge in [0, 0.05) is 16.7 Å². The molecule has 4 aromatic rings. The van der Waals surface area contributed by atoms with Crippen molar-refractivity contribution in [3.05, 3.63) is 84.4 Å². The third kappa shape index (κ3) is 5.66. The van der Waals surface area contributed by atoms with Gasteiger partial charge in [-0.2, -0.15) is 0 Å². The van der Waals surface area contributed by atoms with E-state index in [1.54, 1.807) is 0 Å². The molecule has 0 amide bonds. The standard InChI is InChI=1S/C21H13F2N3O3S.K/c22-16-7-1-13(2-8-16)19-24-20(14-3-9-17(23)10-4-14)26-21(25-19)15-5-11-18(12-6-15)30(27,28)29;/h1-12H,(H,27,28,29);/q;+1/p-1. The molecule has 0 aliphatic carbocycles. The van der Waals surface area contributed by atoms with E-state index in [0.29, 0.717) is 16.7 Å². The van der Waals surface area contributed by atoms with E-state index < -0.39 is 21.8 Å². The van der Waals surface area contributed by atoms with Crippen LogP contribution in [0.5, 0.6) is 0 Å². The summed E-state index contributed by atoms with van der Waals surface area (Å²) in [5.74, 6) is -0.124. The smallest absolute Gasteiger partial charge is 0.744 e. The quantitative estimate of drug-likeness (QED) is 0.332. The van der Waals surface area contributed by atoms with Gasteiger partial charge in [-0.3, -0.25) is 0 Å². The van der Waals surface area contributed by atoms with Crippen molar-refractivity contribution in [3.63, 3.8) is 0 Å². The van der Waals surface area contributed by atoms with Gasteiger partial charge in [-0.25, -0.2) is 32.2 Å². The molecular formula is C21H12F2KN3O3S. The van der Waals surface area contributed by atoms with E-state index in [4.69, 9.17) is 0 Å². The minimum Gasteiger partial charge on any atom is -0.744 e. The second-order valence-electron chi connectivity index (χ2n) is 6.30. The van der Waals surface area contributed by atoms with Crippen LogP contribution in [0.25, 0.3) is 34.2 Å². The molecular weight excluding hydrogens is 451 g/mol. The molecule has 0 saturated heterocycles. The summed E-state index contributed by atoms with van der Waals surface area (Å²) in [6.07, 6.45) is 0. The third-order valence-electron chi connectivity index (χ3n) is 4.24. The summed E-state index contributed by atoms with van der Waals surface area (Å²) < 4.78 is 60.1. The van der Waals surface area contributed by atoms with E-state index in [1.807, 2.05) is 0 Å². The topological polar surface area (TPSA) is 95.9 Å². The number of hydrogen-bond acceptors (Lipinski definition) is 6. The molecule has 0 spiro atoms. The molecule has 1 aromatic heterocycles. The SMILES string of the molecule is O=S(=O)([O-])c1ccc(-c2nc(-c3ccc(F)cc3)nc(-c3ccc(F)cc3)n2)cc1.[K+]. The van der Waals surface area contributed by atoms with Crippen molar-refractivity contribution >= 4 is 10.1 Å². The first-order chi connectivity index (χ1) is 14.3. The van der Waals surface area contributed by atoms with Gasteiger partial charge >= 0.3 is 51.4 Å². The summed E-state index contributed by atoms with van der Waals surface area (Å²) >= 11 is 0. The Kier molecular flexibility index (Phi) is 7.42. The normalized spacial score (nSPS) is 11.1. The van der Waals surface area contributed by atoms with Gasteiger partial charge in [0.15, 0.2) is 17.5 Å². The maximum atomic E-state index is 13.3. The van der Waals surface area contributed by atoms with Crippen LogP contribution in [0.15, 0.2) is 77.7 Å². The van der Waals surface area contributed by atoms with Crippen LogP contribution in [0, 0.1) is 11.6 Å². The van der Waals surface area contributed by atoms with Crippen LogP contribution < -0.4 is 51.4 Å². The largest absolute Gasteiger partial charge is 1.00 e. The van der Waals surface area contributed by atoms with Gasteiger partial charge < -0.3 is 4.55 Å². The zero-order chi connectivity index (χ0) is 21.3. The average Bonchev–Trinajstić information content (AvgIpc) is 2.74. The van der Waals surface area contributed by atoms with Gasteiger partial charge in [0.2, 0.25) is 0 Å². The van der Waals surface area contributed by atoms with Crippen molar-refractivity contribution in [2.45, 2.75) is 4.90 Å². The Hall–Kier alpha value is -1.92. The Morgan fingerprint density at radius 2 is 0.871 bits per heavy atom. The van der Waals surface area contributed by atoms with Crippen molar-refractivity contribution in [2.75, 3.05) is 0 Å². The predicted octanol–water partition coefficient (Wildman–Crippen LogP) is 1.06. The molecule has 3 aromatic carbocycles. The summed E-state index contributed by atoms with van der Waals surface area (Å²) in [4.78, 5) is 12.8. The molecule has 0 saturated carbocycles. The van der Waals surface area contributed by atoms with E-state index in [-0.39, 0.29) is 73.8 Å². The molecule has 0 aliphatic rings. The molecule has 0 atom stereocenters. The Morgan fingerprint density at radius 1 is 0.581 bits per heavy atom. The summed E-state index contributed by atoms with van der Waals surface area (Å²) in [6, 6.07) is 16.3. The Labute approximate surface area is 219 Å². The monoisotopic (exact) mass is 463 g/mol. The first kappa shape index (κ1) is 23.7. The Bertz CT molecular complexity index is 1250. The minimum atomic E-state index is -4.59. The van der Waals surface area contributed by atoms with Crippen molar-refractivity contribution in [2.24, 2.45) is 0 Å². The summed E-state index contributed by atoms with van der Waals surface area (Å²) in [5, 5.41) is 0. The van der Waals surface area contributed by atoms with Gasteiger partial charge in [-0.1, -0.05) is 0 Å². The average molecular weight is 464 g/mol. The molecule has 0 unspecified atom stereocenters. The van der Waals surface area contributed by atoms with E-state index in [9.17, 15) is 21.8 Å². The van der Waals surface area contributed by atoms with Crippen molar-refractivity contribution < 1.29 is 73.1 Å². The Morgan fingerprint density at radius 3 is 1.16 bits per heavy atom. The zero-order valence-electron chi connectivity index (χ0n) is 16.2. The maximum absolute atomic E-state index is 13.3. The number of nitrogens with zero attached hydrogens (tertiary/aromatic N) is 3. The fraction of sp³-hybridized carbons (Fsp3) is 0. The van der Waals surface area contributed by atoms with Crippen LogP contribution in [0.3, 0.4) is 0 Å². The molecule has 10 heteroatoms. The fourth-order valence-electron chi connectivity index (χ4n) is 2.73. The second-order valence-corrected chi connectivity index (χ2v) is 7.68. The van der Waals surface area contributed by atoms with E-state index in [1.165, 1.54) is 60.7 Å². The molecule has 31 heavy (non-hydrogen) atoms. The molecule has 0 bridgehead atoms. The van der Waals surface area contributed by atoms with Gasteiger partial charge in [-0.05, 0) is 72.8 Å². The molecule has 0 radical (unpaired) electrons. The first-order valence-corrected chi connectivity index (χ1v) is 10.0. The van der Waals surface area contributed by atoms with Crippen LogP contribution in [-0.2, 0) is 10.1 Å². The number of halogens is 2. The van der Waals surface area contributed by atoms with Gasteiger partial charge in [0.1, 0.15) is 21.8 Å². The number of benzene rings is 3. The minimum absolute atomic E-state index is 0. The molecule has 1 heterocycles. The van der Waals surface area contributed by atoms with Crippen molar-refractivity contribution in [1.29, 1.82) is 0 Å². The molecule has 4 rings (SSSR count). The first-order valence-electron chi connectivity index (χ1n) is 8.64. The van der Waals surface area contributed by atoms with Crippen LogP contribution in [-0.4, -0.2) is 27.9 Å². The third-order valence-corrected chi connectivity index (χ3v) is 5.09. The van der Waals surface area contributed by atoms with Crippen LogP contribution >= 0.6 is 0 Å². The molecule has 6 nitrogen and oxygen atoms in total. The Balaban J connectivity index is 0.00000272. The van der Waals surface area contributed by atoms with Crippen LogP contribution in [0.4, 0.5) is 8.78 Å². The molecule has 0 N–H and O–H groups in total. The number of aromatic nitrogens is 3. The second kappa shape index (κ2) is 9.70. The number of hydrogen-bond donors (Lipinski definition) is 0. The molecule has 0 fully saturated rings. The van der Waals surface area contributed by atoms with E-state index in [0.717, 1.165) is 12.1 Å². The molecule has 0 aliphatic heterocycles. The van der Waals surface area contributed by atoms with Crippen molar-refractivity contribution in [3.8, 4) is 34.2 Å². The van der Waals surface area contributed by atoms with E-state index >= 15 is 0 Å². The maximum Gasteiger partial charge on any atom is 1.00 e. The zero-order valence-corrected chi connectivity index (χ0v) is 20.1. The number of rotatable bonds is 4. The summed E-state index contributed by atoms with van der Waals surface area (Å²) in [6.45, 7) is 0. The van der Waals surface area contributed by atoms with Crippen LogP contribution in [0.1, 0.15) is 0 Å².